The van der Waals surface area contributed by atoms with Gasteiger partial charge < -0.3 is 33.2 Å². The Bertz CT molecular complexity index is 1200. The van der Waals surface area contributed by atoms with E-state index >= 15 is 0 Å². The number of benzene rings is 3. The van der Waals surface area contributed by atoms with Crippen molar-refractivity contribution in [1.82, 2.24) is 0 Å². The van der Waals surface area contributed by atoms with E-state index in [4.69, 9.17) is 17.2 Å². The number of carbonyl (C=O) groups excluding carboxylic acids is 3. The van der Waals surface area contributed by atoms with E-state index in [1.807, 2.05) is 0 Å². The van der Waals surface area contributed by atoms with Gasteiger partial charge in [0.05, 0.1) is 16.7 Å². The van der Waals surface area contributed by atoms with Crippen LogP contribution in [0.1, 0.15) is 0 Å². The maximum Gasteiger partial charge on any atom is 0.203 e. The molecule has 1 aliphatic carbocycles. The van der Waals surface area contributed by atoms with Gasteiger partial charge in [0, 0.05) is 52.7 Å². The van der Waals surface area contributed by atoms with Gasteiger partial charge in [-0.05, 0) is 72.8 Å². The number of hydrogen-bond acceptors (Lipinski definition) is 9. The first-order chi connectivity index (χ1) is 17.3. The summed E-state index contributed by atoms with van der Waals surface area (Å²) < 4.78 is 0. The Morgan fingerprint density at radius 3 is 0.861 bits per heavy atom. The summed E-state index contributed by atoms with van der Waals surface area (Å²) in [5, 5.41) is 8.77. The molecule has 9 N–H and O–H groups in total. The van der Waals surface area contributed by atoms with Crippen LogP contribution >= 0.6 is 0 Å². The number of anilines is 6. The van der Waals surface area contributed by atoms with Crippen LogP contribution in [0.15, 0.2) is 108 Å². The van der Waals surface area contributed by atoms with Gasteiger partial charge in [-0.25, -0.2) is 0 Å². The van der Waals surface area contributed by atoms with Crippen LogP contribution in [0.3, 0.4) is 0 Å². The van der Waals surface area contributed by atoms with Crippen molar-refractivity contribution in [2.45, 2.75) is 0 Å². The fourth-order valence-electron chi connectivity index (χ4n) is 3.34. The van der Waals surface area contributed by atoms with Crippen LogP contribution in [-0.4, -0.2) is 17.3 Å². The maximum absolute atomic E-state index is 13.2. The highest BCUT2D eigenvalue weighted by Gasteiger charge is 2.38. The van der Waals surface area contributed by atoms with Crippen LogP contribution in [0.2, 0.25) is 0 Å². The number of hydrogen-bond donors (Lipinski definition) is 6. The SMILES string of the molecule is Nc1ccc(NC=C2C(=O)C(=CNc3ccc(N)cc3)C(=O)C(=CNc3ccc(N)cc3)C2=O)cc1. The fourth-order valence-corrected chi connectivity index (χ4v) is 3.34. The van der Waals surface area contributed by atoms with Crippen molar-refractivity contribution in [3.63, 3.8) is 0 Å². The Hall–Kier alpha value is -5.31. The molecule has 1 aliphatic rings. The highest BCUT2D eigenvalue weighted by molar-refractivity contribution is 6.51. The normalized spacial score (nSPS) is 13.3. The van der Waals surface area contributed by atoms with Crippen LogP contribution in [0.25, 0.3) is 0 Å². The second kappa shape index (κ2) is 10.3. The molecule has 0 saturated heterocycles. The van der Waals surface area contributed by atoms with E-state index in [1.54, 1.807) is 72.8 Å². The summed E-state index contributed by atoms with van der Waals surface area (Å²) in [7, 11) is 0. The number of nitrogens with one attached hydrogen (secondary N) is 3. The van der Waals surface area contributed by atoms with E-state index in [1.165, 1.54) is 18.6 Å². The Balaban J connectivity index is 1.68. The summed E-state index contributed by atoms with van der Waals surface area (Å²) in [6.07, 6.45) is 3.87. The highest BCUT2D eigenvalue weighted by Crippen LogP contribution is 2.25. The van der Waals surface area contributed by atoms with E-state index in [-0.39, 0.29) is 16.7 Å². The second-order valence-corrected chi connectivity index (χ2v) is 7.96. The zero-order valence-corrected chi connectivity index (χ0v) is 19.1. The number of carbonyl (C=O) groups is 3. The predicted octanol–water partition coefficient (Wildman–Crippen LogP) is 3.44. The zero-order valence-electron chi connectivity index (χ0n) is 19.1. The summed E-state index contributed by atoms with van der Waals surface area (Å²) >= 11 is 0. The molecule has 0 bridgehead atoms. The molecule has 180 valence electrons. The van der Waals surface area contributed by atoms with E-state index in [0.29, 0.717) is 34.1 Å². The van der Waals surface area contributed by atoms with Crippen LogP contribution in [0.4, 0.5) is 34.1 Å². The van der Waals surface area contributed by atoms with Gasteiger partial charge in [0.15, 0.2) is 0 Å². The lowest BCUT2D eigenvalue weighted by atomic mass is 9.84. The van der Waals surface area contributed by atoms with Crippen molar-refractivity contribution in [2.24, 2.45) is 0 Å². The molecular weight excluding hydrogens is 456 g/mol. The predicted molar refractivity (Wildman–Crippen MR) is 143 cm³/mol. The minimum Gasteiger partial charge on any atom is -0.399 e. The molecule has 4 rings (SSSR count). The molecule has 1 saturated carbocycles. The Morgan fingerprint density at radius 2 is 0.639 bits per heavy atom. The summed E-state index contributed by atoms with van der Waals surface area (Å²) in [5.74, 6) is -2.12. The minimum atomic E-state index is -0.708. The smallest absolute Gasteiger partial charge is 0.203 e. The van der Waals surface area contributed by atoms with Gasteiger partial charge in [0.25, 0.3) is 0 Å². The first kappa shape index (κ1) is 23.8. The van der Waals surface area contributed by atoms with Crippen LogP contribution in [0, 0.1) is 0 Å². The number of ketones is 3. The van der Waals surface area contributed by atoms with Crippen LogP contribution in [-0.2, 0) is 14.4 Å². The van der Waals surface area contributed by atoms with Gasteiger partial charge in [0.2, 0.25) is 17.3 Å². The quantitative estimate of drug-likeness (QED) is 0.176. The number of rotatable bonds is 6. The van der Waals surface area contributed by atoms with Gasteiger partial charge in [-0.15, -0.1) is 0 Å². The van der Waals surface area contributed by atoms with Crippen LogP contribution in [0.5, 0.6) is 0 Å². The molecule has 0 radical (unpaired) electrons. The standard InChI is InChI=1S/C27H24N6O3/c28-16-1-7-19(8-2-16)31-13-22-25(34)23(14-32-20-9-3-17(29)4-10-20)27(36)24(26(22)35)15-33-21-11-5-18(30)6-12-21/h1-15,31-33H,28-30H2. The van der Waals surface area contributed by atoms with Crippen molar-refractivity contribution in [3.05, 3.63) is 108 Å². The van der Waals surface area contributed by atoms with E-state index in [2.05, 4.69) is 16.0 Å². The molecule has 3 aromatic carbocycles. The molecule has 0 spiro atoms. The van der Waals surface area contributed by atoms with Crippen molar-refractivity contribution in [3.8, 4) is 0 Å². The first-order valence-electron chi connectivity index (χ1n) is 10.9. The molecular formula is C27H24N6O3. The molecule has 0 heterocycles. The van der Waals surface area contributed by atoms with Crippen molar-refractivity contribution in [1.29, 1.82) is 0 Å². The molecule has 9 nitrogen and oxygen atoms in total. The highest BCUT2D eigenvalue weighted by atomic mass is 16.2. The second-order valence-electron chi connectivity index (χ2n) is 7.96. The summed E-state index contributed by atoms with van der Waals surface area (Å²) in [6, 6.07) is 20.3. The lowest BCUT2D eigenvalue weighted by molar-refractivity contribution is -0.124. The van der Waals surface area contributed by atoms with Crippen molar-refractivity contribution in [2.75, 3.05) is 33.2 Å². The lowest BCUT2D eigenvalue weighted by Gasteiger charge is -2.18. The zero-order chi connectivity index (χ0) is 25.7. The number of nitrogen functional groups attached to an aromatic ring is 3. The van der Waals surface area contributed by atoms with E-state index in [9.17, 15) is 14.4 Å². The Morgan fingerprint density at radius 1 is 0.417 bits per heavy atom. The van der Waals surface area contributed by atoms with Gasteiger partial charge in [-0.3, -0.25) is 14.4 Å². The van der Waals surface area contributed by atoms with E-state index in [0.717, 1.165) is 0 Å². The number of Topliss-reactive ketones (excluding diaryl/α,β-unsaturated/α-hetero) is 3. The minimum absolute atomic E-state index is 0.192. The molecule has 3 aromatic rings. The third-order valence-electron chi connectivity index (χ3n) is 5.35. The summed E-state index contributed by atoms with van der Waals surface area (Å²) in [6.45, 7) is 0. The molecule has 0 atom stereocenters. The topological polar surface area (TPSA) is 165 Å². The number of nitrogens with two attached hydrogens (primary N) is 3. The lowest BCUT2D eigenvalue weighted by Crippen LogP contribution is -2.33. The molecule has 0 unspecified atom stereocenters. The van der Waals surface area contributed by atoms with Gasteiger partial charge >= 0.3 is 0 Å². The molecule has 0 aromatic heterocycles. The van der Waals surface area contributed by atoms with E-state index < -0.39 is 17.3 Å². The summed E-state index contributed by atoms with van der Waals surface area (Å²) in [5.41, 5.74) is 20.1. The largest absolute Gasteiger partial charge is 0.399 e. The Kier molecular flexibility index (Phi) is 6.83. The van der Waals surface area contributed by atoms with Gasteiger partial charge in [-0.2, -0.15) is 0 Å². The average molecular weight is 481 g/mol. The van der Waals surface area contributed by atoms with Crippen molar-refractivity contribution < 1.29 is 14.4 Å². The number of allylic oxidation sites excluding steroid dienone is 3. The molecule has 9 heteroatoms. The third-order valence-corrected chi connectivity index (χ3v) is 5.35. The van der Waals surface area contributed by atoms with Gasteiger partial charge in [-0.1, -0.05) is 0 Å². The first-order valence-corrected chi connectivity index (χ1v) is 10.9. The molecule has 36 heavy (non-hydrogen) atoms. The van der Waals surface area contributed by atoms with Gasteiger partial charge in [0.1, 0.15) is 0 Å². The Labute approximate surface area is 207 Å². The average Bonchev–Trinajstić information content (AvgIpc) is 2.87. The molecule has 1 fully saturated rings. The van der Waals surface area contributed by atoms with Crippen molar-refractivity contribution >= 4 is 51.5 Å². The summed E-state index contributed by atoms with van der Waals surface area (Å²) in [4.78, 5) is 39.6. The monoisotopic (exact) mass is 480 g/mol. The molecule has 0 amide bonds. The van der Waals surface area contributed by atoms with Crippen LogP contribution < -0.4 is 33.2 Å². The molecule has 0 aliphatic heterocycles. The third kappa shape index (κ3) is 5.42. The maximum atomic E-state index is 13.2. The fraction of sp³-hybridized carbons (Fsp3) is 0.